The van der Waals surface area contributed by atoms with Gasteiger partial charge in [0.1, 0.15) is 6.61 Å². The van der Waals surface area contributed by atoms with Crippen molar-refractivity contribution in [2.75, 3.05) is 0 Å². The van der Waals surface area contributed by atoms with Crippen LogP contribution in [0.2, 0.25) is 39.3 Å². The fourth-order valence-corrected chi connectivity index (χ4v) is 12.2. The van der Waals surface area contributed by atoms with Crippen molar-refractivity contribution in [3.05, 3.63) is 47.7 Å². The summed E-state index contributed by atoms with van der Waals surface area (Å²) in [5.74, 6) is 4.91. The van der Waals surface area contributed by atoms with E-state index in [0.717, 1.165) is 18.4 Å². The Bertz CT molecular complexity index is 1150. The minimum atomic E-state index is -1.77. The molecular formula is C37H60O4Si2. The van der Waals surface area contributed by atoms with E-state index in [2.05, 4.69) is 66.1 Å². The van der Waals surface area contributed by atoms with Gasteiger partial charge in [0.05, 0.1) is 5.76 Å². The van der Waals surface area contributed by atoms with E-state index in [1.807, 2.05) is 30.3 Å². The molecular weight excluding hydrogens is 565 g/mol. The highest BCUT2D eigenvalue weighted by atomic mass is 28.4. The summed E-state index contributed by atoms with van der Waals surface area (Å²) in [6, 6.07) is 10.0. The van der Waals surface area contributed by atoms with Crippen molar-refractivity contribution in [1.29, 1.82) is 0 Å². The van der Waals surface area contributed by atoms with E-state index in [1.165, 1.54) is 44.3 Å². The van der Waals surface area contributed by atoms with Crippen LogP contribution in [0, 0.1) is 46.3 Å². The van der Waals surface area contributed by atoms with Crippen LogP contribution in [0.3, 0.4) is 0 Å². The minimum absolute atomic E-state index is 0.0622. The number of rotatable bonds is 10. The number of fused-ring (bicyclic) bond motifs is 5. The lowest BCUT2D eigenvalue weighted by Crippen LogP contribution is -2.55. The standard InChI is InChI=1S/C37H60O4Si2/c1-26(15-18-34(38)39-25-27-13-11-10-12-14-27)30-16-17-31-35-32(20-22-37(30,31)3)36(2)21-19-29(40-42(4,5)6)23-28(36)24-33(35)41-43(7,8)9/h10-14,24,26,28-32,35H,15-23,25H2,1-9H3/t26-,28+,29-,30-,31+,32?,35+,36+,37-/m1/s1. The first-order valence-electron chi connectivity index (χ1n) is 17.4. The van der Waals surface area contributed by atoms with Crippen molar-refractivity contribution >= 4 is 22.6 Å². The van der Waals surface area contributed by atoms with Gasteiger partial charge in [-0.3, -0.25) is 4.79 Å². The zero-order valence-corrected chi connectivity index (χ0v) is 30.7. The van der Waals surface area contributed by atoms with E-state index >= 15 is 0 Å². The molecule has 43 heavy (non-hydrogen) atoms. The van der Waals surface area contributed by atoms with E-state index in [9.17, 15) is 4.79 Å². The summed E-state index contributed by atoms with van der Waals surface area (Å²) >= 11 is 0. The molecule has 3 saturated carbocycles. The third-order valence-electron chi connectivity index (χ3n) is 11.9. The lowest BCUT2D eigenvalue weighted by Gasteiger charge is -2.60. The van der Waals surface area contributed by atoms with Gasteiger partial charge in [0.2, 0.25) is 8.32 Å². The summed E-state index contributed by atoms with van der Waals surface area (Å²) in [6.45, 7) is 22.1. The van der Waals surface area contributed by atoms with E-state index in [-0.39, 0.29) is 5.97 Å². The number of ether oxygens (including phenoxy) is 1. The van der Waals surface area contributed by atoms with Crippen molar-refractivity contribution in [3.8, 4) is 0 Å². The molecule has 240 valence electrons. The molecule has 1 aromatic carbocycles. The maximum absolute atomic E-state index is 12.7. The first-order valence-corrected chi connectivity index (χ1v) is 24.2. The van der Waals surface area contributed by atoms with Crippen molar-refractivity contribution in [2.24, 2.45) is 46.3 Å². The van der Waals surface area contributed by atoms with Gasteiger partial charge in [0.15, 0.2) is 8.32 Å². The van der Waals surface area contributed by atoms with Crippen molar-refractivity contribution in [2.45, 2.75) is 131 Å². The zero-order valence-electron chi connectivity index (χ0n) is 28.7. The third kappa shape index (κ3) is 7.22. The van der Waals surface area contributed by atoms with Gasteiger partial charge in [0.25, 0.3) is 0 Å². The summed E-state index contributed by atoms with van der Waals surface area (Å²) in [7, 11) is -3.34. The zero-order chi connectivity index (χ0) is 31.2. The molecule has 0 aromatic heterocycles. The van der Waals surface area contributed by atoms with Crippen LogP contribution in [0.1, 0.15) is 84.1 Å². The Morgan fingerprint density at radius 3 is 2.26 bits per heavy atom. The van der Waals surface area contributed by atoms with Gasteiger partial charge in [0, 0.05) is 18.4 Å². The number of carbonyl (C=O) groups is 1. The van der Waals surface area contributed by atoms with Crippen LogP contribution in [-0.4, -0.2) is 28.7 Å². The summed E-state index contributed by atoms with van der Waals surface area (Å²) in [5, 5.41) is 0. The second-order valence-corrected chi connectivity index (χ2v) is 26.0. The Hall–Kier alpha value is -1.38. The molecule has 9 atom stereocenters. The molecule has 0 spiro atoms. The Balaban J connectivity index is 1.31. The Morgan fingerprint density at radius 2 is 1.58 bits per heavy atom. The molecule has 4 aliphatic rings. The average Bonchev–Trinajstić information content (AvgIpc) is 3.27. The monoisotopic (exact) mass is 624 g/mol. The second-order valence-electron chi connectivity index (χ2n) is 17.2. The molecule has 3 fully saturated rings. The number of hydrogen-bond donors (Lipinski definition) is 0. The predicted molar refractivity (Wildman–Crippen MR) is 181 cm³/mol. The maximum Gasteiger partial charge on any atom is 0.306 e. The van der Waals surface area contributed by atoms with E-state index in [1.54, 1.807) is 0 Å². The van der Waals surface area contributed by atoms with Crippen molar-refractivity contribution in [1.82, 2.24) is 0 Å². The smallest absolute Gasteiger partial charge is 0.306 e. The first-order chi connectivity index (χ1) is 20.1. The van der Waals surface area contributed by atoms with Gasteiger partial charge in [-0.2, -0.15) is 0 Å². The maximum atomic E-state index is 12.7. The molecule has 0 heterocycles. The molecule has 4 aliphatic carbocycles. The number of carbonyl (C=O) groups excluding carboxylic acids is 1. The van der Waals surface area contributed by atoms with Gasteiger partial charge in [-0.15, -0.1) is 0 Å². The summed E-state index contributed by atoms with van der Waals surface area (Å²) < 4.78 is 19.4. The molecule has 0 radical (unpaired) electrons. The summed E-state index contributed by atoms with van der Waals surface area (Å²) in [6.07, 6.45) is 13.3. The molecule has 1 unspecified atom stereocenters. The topological polar surface area (TPSA) is 44.8 Å². The molecule has 5 rings (SSSR count). The van der Waals surface area contributed by atoms with Gasteiger partial charge < -0.3 is 13.6 Å². The third-order valence-corrected chi connectivity index (χ3v) is 13.8. The summed E-state index contributed by atoms with van der Waals surface area (Å²) in [4.78, 5) is 12.7. The van der Waals surface area contributed by atoms with Crippen LogP contribution in [0.25, 0.3) is 0 Å². The highest BCUT2D eigenvalue weighted by Gasteiger charge is 2.62. The molecule has 0 saturated heterocycles. The first kappa shape index (κ1) is 33.0. The quantitative estimate of drug-likeness (QED) is 0.192. The molecule has 1 aromatic rings. The van der Waals surface area contributed by atoms with Crippen LogP contribution >= 0.6 is 0 Å². The van der Waals surface area contributed by atoms with Crippen LogP contribution in [0.15, 0.2) is 42.2 Å². The Labute approximate surface area is 265 Å². The molecule has 6 heteroatoms. The Morgan fingerprint density at radius 1 is 0.907 bits per heavy atom. The van der Waals surface area contributed by atoms with Crippen LogP contribution in [0.5, 0.6) is 0 Å². The molecule has 0 amide bonds. The molecule has 0 N–H and O–H groups in total. The van der Waals surface area contributed by atoms with Gasteiger partial charge in [-0.25, -0.2) is 0 Å². The van der Waals surface area contributed by atoms with E-state index in [0.29, 0.717) is 65.5 Å². The molecule has 0 aliphatic heterocycles. The highest BCUT2D eigenvalue weighted by Crippen LogP contribution is 2.68. The SMILES string of the molecule is C[C@H](CCC(=O)OCc1ccccc1)[C@H]1CC[C@H]2[C@@H]3C(O[Si](C)(C)C)=C[C@@H]4C[C@H](O[Si](C)(C)C)CC[C@]4(C)C3CC[C@]12C. The minimum Gasteiger partial charge on any atom is -0.547 e. The van der Waals surface area contributed by atoms with E-state index < -0.39 is 16.6 Å². The normalized spacial score (nSPS) is 36.5. The van der Waals surface area contributed by atoms with Gasteiger partial charge >= 0.3 is 5.97 Å². The van der Waals surface area contributed by atoms with Crippen LogP contribution in [-0.2, 0) is 25.0 Å². The van der Waals surface area contributed by atoms with Crippen molar-refractivity contribution in [3.63, 3.8) is 0 Å². The number of hydrogen-bond acceptors (Lipinski definition) is 4. The predicted octanol–water partition coefficient (Wildman–Crippen LogP) is 9.98. The van der Waals surface area contributed by atoms with Crippen LogP contribution in [0.4, 0.5) is 0 Å². The fraction of sp³-hybridized carbons (Fsp3) is 0.757. The van der Waals surface area contributed by atoms with E-state index in [4.69, 9.17) is 13.6 Å². The number of benzene rings is 1. The largest absolute Gasteiger partial charge is 0.547 e. The number of allylic oxidation sites excluding steroid dienone is 2. The fourth-order valence-electron chi connectivity index (χ4n) is 10.0. The number of esters is 1. The molecule has 0 bridgehead atoms. The lowest BCUT2D eigenvalue weighted by atomic mass is 9.46. The Kier molecular flexibility index (Phi) is 9.54. The van der Waals surface area contributed by atoms with Crippen LogP contribution < -0.4 is 0 Å². The summed E-state index contributed by atoms with van der Waals surface area (Å²) in [5.41, 5.74) is 1.69. The van der Waals surface area contributed by atoms with Gasteiger partial charge in [-0.1, -0.05) is 51.1 Å². The lowest BCUT2D eigenvalue weighted by molar-refractivity contribution is -0.145. The average molecular weight is 625 g/mol. The van der Waals surface area contributed by atoms with Gasteiger partial charge in [-0.05, 0) is 143 Å². The second kappa shape index (κ2) is 12.4. The van der Waals surface area contributed by atoms with Crippen molar-refractivity contribution < 1.29 is 18.4 Å². The molecule has 4 nitrogen and oxygen atoms in total. The highest BCUT2D eigenvalue weighted by molar-refractivity contribution is 6.70.